The number of piperidine rings is 1. The Bertz CT molecular complexity index is 913. The topological polar surface area (TPSA) is 57.4 Å². The summed E-state index contributed by atoms with van der Waals surface area (Å²) in [7, 11) is -3.64. The van der Waals surface area contributed by atoms with Crippen LogP contribution in [0.3, 0.4) is 0 Å². The molecule has 2 fully saturated rings. The quantitative estimate of drug-likeness (QED) is 0.827. The first-order valence-corrected chi connectivity index (χ1v) is 10.2. The molecule has 25 heavy (non-hydrogen) atoms. The van der Waals surface area contributed by atoms with Crippen LogP contribution in [0.4, 0.5) is 0 Å². The van der Waals surface area contributed by atoms with Crippen molar-refractivity contribution in [2.75, 3.05) is 0 Å². The minimum atomic E-state index is -3.64. The highest BCUT2D eigenvalue weighted by atomic mass is 35.5. The van der Waals surface area contributed by atoms with Crippen molar-refractivity contribution in [3.8, 4) is 0 Å². The number of aliphatic hydroxyl groups is 1. The van der Waals surface area contributed by atoms with Gasteiger partial charge in [-0.3, -0.25) is 0 Å². The Balaban J connectivity index is 1.73. The lowest BCUT2D eigenvalue weighted by atomic mass is 9.93. The fourth-order valence-corrected chi connectivity index (χ4v) is 6.51. The molecule has 1 aliphatic carbocycles. The Hall–Kier alpha value is -1.40. The lowest BCUT2D eigenvalue weighted by Gasteiger charge is -2.23. The second-order valence-electron chi connectivity index (χ2n) is 6.94. The van der Waals surface area contributed by atoms with Gasteiger partial charge in [-0.1, -0.05) is 47.5 Å². The predicted octanol–water partition coefficient (Wildman–Crippen LogP) is 3.68. The highest BCUT2D eigenvalue weighted by molar-refractivity contribution is 7.89. The average Bonchev–Trinajstić information content (AvgIpc) is 3.07. The van der Waals surface area contributed by atoms with E-state index in [0.29, 0.717) is 17.0 Å². The number of nitrogens with zero attached hydrogens (tertiary/aromatic N) is 1. The molecule has 1 unspecified atom stereocenters. The van der Waals surface area contributed by atoms with Crippen LogP contribution in [0, 0.1) is 6.92 Å². The van der Waals surface area contributed by atoms with E-state index in [2.05, 4.69) is 0 Å². The zero-order valence-electron chi connectivity index (χ0n) is 13.9. The van der Waals surface area contributed by atoms with Gasteiger partial charge in [-0.2, -0.15) is 4.31 Å². The summed E-state index contributed by atoms with van der Waals surface area (Å²) in [5, 5.41) is 11.5. The number of rotatable bonds is 4. The van der Waals surface area contributed by atoms with Gasteiger partial charge >= 0.3 is 0 Å². The van der Waals surface area contributed by atoms with Crippen molar-refractivity contribution >= 4 is 21.6 Å². The minimum Gasteiger partial charge on any atom is -0.386 e. The molecule has 4 atom stereocenters. The minimum absolute atomic E-state index is 0.162. The van der Waals surface area contributed by atoms with Crippen molar-refractivity contribution in [2.45, 2.75) is 48.8 Å². The number of aryl methyl sites for hydroxylation is 1. The largest absolute Gasteiger partial charge is 0.386 e. The second kappa shape index (κ2) is 5.81. The van der Waals surface area contributed by atoms with E-state index in [9.17, 15) is 13.5 Å². The lowest BCUT2D eigenvalue weighted by Crippen LogP contribution is -2.30. The van der Waals surface area contributed by atoms with Gasteiger partial charge in [0, 0.05) is 16.6 Å². The second-order valence-corrected chi connectivity index (χ2v) is 9.16. The van der Waals surface area contributed by atoms with E-state index in [4.69, 9.17) is 11.6 Å². The third kappa shape index (κ3) is 2.45. The molecule has 2 aliphatic rings. The van der Waals surface area contributed by atoms with Gasteiger partial charge in [-0.05, 0) is 44.4 Å². The number of aliphatic hydroxyl groups excluding tert-OH is 1. The van der Waals surface area contributed by atoms with Crippen LogP contribution in [0.15, 0.2) is 53.4 Å². The fraction of sp³-hybridized carbons (Fsp3) is 0.368. The summed E-state index contributed by atoms with van der Waals surface area (Å²) >= 11 is 6.25. The zero-order valence-corrected chi connectivity index (χ0v) is 15.5. The molecular formula is C19H20ClNO3S. The molecule has 0 radical (unpaired) electrons. The molecule has 1 N–H and O–H groups in total. The van der Waals surface area contributed by atoms with Crippen LogP contribution in [0.1, 0.15) is 36.5 Å². The molecular weight excluding hydrogens is 358 g/mol. The van der Waals surface area contributed by atoms with E-state index < -0.39 is 21.7 Å². The van der Waals surface area contributed by atoms with Crippen LogP contribution >= 0.6 is 11.6 Å². The molecule has 1 heterocycles. The maximum absolute atomic E-state index is 13.1. The first-order valence-electron chi connectivity index (χ1n) is 8.43. The van der Waals surface area contributed by atoms with Crippen molar-refractivity contribution in [3.63, 3.8) is 0 Å². The summed E-state index contributed by atoms with van der Waals surface area (Å²) in [5.41, 5.74) is 0.836. The van der Waals surface area contributed by atoms with Crippen LogP contribution in [0.25, 0.3) is 0 Å². The third-order valence-corrected chi connectivity index (χ3v) is 7.83. The summed E-state index contributed by atoms with van der Waals surface area (Å²) in [6.45, 7) is 1.92. The number of hydrogen-bond acceptors (Lipinski definition) is 3. The molecule has 1 saturated heterocycles. The maximum atomic E-state index is 13.1. The van der Waals surface area contributed by atoms with Gasteiger partial charge < -0.3 is 5.11 Å². The van der Waals surface area contributed by atoms with E-state index >= 15 is 0 Å². The number of hydrogen-bond donors (Lipinski definition) is 1. The molecule has 4 rings (SSSR count). The molecule has 0 aromatic heterocycles. The predicted molar refractivity (Wildman–Crippen MR) is 97.0 cm³/mol. The monoisotopic (exact) mass is 377 g/mol. The van der Waals surface area contributed by atoms with Crippen molar-refractivity contribution in [3.05, 3.63) is 64.7 Å². The first kappa shape index (κ1) is 17.0. The lowest BCUT2D eigenvalue weighted by molar-refractivity contribution is 0.116. The Kier molecular flexibility index (Phi) is 3.96. The van der Waals surface area contributed by atoms with Crippen LogP contribution < -0.4 is 0 Å². The van der Waals surface area contributed by atoms with Crippen molar-refractivity contribution in [2.24, 2.45) is 0 Å². The summed E-state index contributed by atoms with van der Waals surface area (Å²) in [6, 6.07) is 13.8. The van der Waals surface area contributed by atoms with E-state index in [-0.39, 0.29) is 10.9 Å². The van der Waals surface area contributed by atoms with Gasteiger partial charge in [0.15, 0.2) is 0 Å². The van der Waals surface area contributed by atoms with Crippen molar-refractivity contribution < 1.29 is 13.5 Å². The van der Waals surface area contributed by atoms with Gasteiger partial charge in [0.1, 0.15) is 6.10 Å². The van der Waals surface area contributed by atoms with Crippen LogP contribution in [0.5, 0.6) is 0 Å². The maximum Gasteiger partial charge on any atom is 0.244 e. The van der Waals surface area contributed by atoms with E-state index in [1.807, 2.05) is 13.0 Å². The molecule has 6 heteroatoms. The molecule has 1 saturated carbocycles. The molecule has 1 aliphatic heterocycles. The van der Waals surface area contributed by atoms with Gasteiger partial charge in [0.2, 0.25) is 10.0 Å². The smallest absolute Gasteiger partial charge is 0.244 e. The Morgan fingerprint density at radius 3 is 2.56 bits per heavy atom. The molecule has 4 nitrogen and oxygen atoms in total. The average molecular weight is 378 g/mol. The Morgan fingerprint density at radius 2 is 1.88 bits per heavy atom. The Labute approximate surface area is 153 Å². The highest BCUT2D eigenvalue weighted by Gasteiger charge is 2.73. The van der Waals surface area contributed by atoms with E-state index in [1.165, 1.54) is 4.31 Å². The SMILES string of the molecule is Cc1ccc(S(=O)(=O)N2[C@H]3CCC[C@]32[C@H](O)c2ccccc2Cl)cc1. The molecule has 132 valence electrons. The molecule has 0 bridgehead atoms. The van der Waals surface area contributed by atoms with E-state index in [1.54, 1.807) is 42.5 Å². The number of benzene rings is 2. The molecule has 0 spiro atoms. The fourth-order valence-electron chi connectivity index (χ4n) is 4.22. The first-order chi connectivity index (χ1) is 11.9. The standard InChI is InChI=1S/C19H20ClNO3S/c1-13-8-10-14(11-9-13)25(23,24)21-17-7-4-12-19(17,21)18(22)15-5-2-3-6-16(15)20/h2-3,5-6,8-11,17-18,22H,4,7,12H2,1H3/t17-,18+,19+,21?/m0/s1. The summed E-state index contributed by atoms with van der Waals surface area (Å²) in [4.78, 5) is 0.276. The van der Waals surface area contributed by atoms with Crippen LogP contribution in [0.2, 0.25) is 5.02 Å². The van der Waals surface area contributed by atoms with Crippen molar-refractivity contribution in [1.82, 2.24) is 4.31 Å². The van der Waals surface area contributed by atoms with E-state index in [0.717, 1.165) is 18.4 Å². The van der Waals surface area contributed by atoms with Crippen LogP contribution in [-0.2, 0) is 10.0 Å². The number of sulfonamides is 1. The highest BCUT2D eigenvalue weighted by Crippen LogP contribution is 2.62. The van der Waals surface area contributed by atoms with Crippen molar-refractivity contribution in [1.29, 1.82) is 0 Å². The Morgan fingerprint density at radius 1 is 1.20 bits per heavy atom. The normalized spacial score (nSPS) is 29.2. The summed E-state index contributed by atoms with van der Waals surface area (Å²) in [6.07, 6.45) is 1.40. The number of fused-ring (bicyclic) bond motifs is 1. The molecule has 2 aromatic carbocycles. The number of halogens is 1. The van der Waals surface area contributed by atoms with Crippen LogP contribution in [-0.4, -0.2) is 29.4 Å². The molecule has 2 aromatic rings. The third-order valence-electron chi connectivity index (χ3n) is 5.51. The zero-order chi connectivity index (χ0) is 17.8. The van der Waals surface area contributed by atoms with Gasteiger partial charge in [0.05, 0.1) is 10.4 Å². The van der Waals surface area contributed by atoms with Gasteiger partial charge in [-0.15, -0.1) is 0 Å². The van der Waals surface area contributed by atoms with Gasteiger partial charge in [0.25, 0.3) is 0 Å². The molecule has 0 amide bonds. The van der Waals surface area contributed by atoms with Gasteiger partial charge in [-0.25, -0.2) is 8.42 Å². The summed E-state index contributed by atoms with van der Waals surface area (Å²) < 4.78 is 27.8. The summed E-state index contributed by atoms with van der Waals surface area (Å²) in [5.74, 6) is 0.